The van der Waals surface area contributed by atoms with Gasteiger partial charge in [-0.3, -0.25) is 4.79 Å². The normalized spacial score (nSPS) is 15.8. The fourth-order valence-electron chi connectivity index (χ4n) is 3.31. The lowest BCUT2D eigenvalue weighted by molar-refractivity contribution is 0.0821. The topological polar surface area (TPSA) is 71.8 Å². The Kier molecular flexibility index (Phi) is 4.37. The van der Waals surface area contributed by atoms with E-state index in [1.165, 1.54) is 11.0 Å². The van der Waals surface area contributed by atoms with E-state index in [2.05, 4.69) is 15.3 Å². The summed E-state index contributed by atoms with van der Waals surface area (Å²) in [7, 11) is 3.28. The fraction of sp³-hybridized carbons (Fsp3) is 0.316. The average Bonchev–Trinajstić information content (AvgIpc) is 3.01. The molecule has 9 heteroatoms. The predicted octanol–water partition coefficient (Wildman–Crippen LogP) is 2.95. The van der Waals surface area contributed by atoms with Gasteiger partial charge in [0.05, 0.1) is 23.9 Å². The minimum Gasteiger partial charge on any atom is -0.493 e. The number of carbonyl (C=O) groups excluding carboxylic acids is 1. The molecule has 3 aromatic rings. The van der Waals surface area contributed by atoms with Gasteiger partial charge < -0.3 is 19.4 Å². The van der Waals surface area contributed by atoms with Crippen LogP contribution < -0.4 is 10.1 Å². The van der Waals surface area contributed by atoms with Crippen LogP contribution in [0, 0.1) is 18.6 Å². The van der Waals surface area contributed by atoms with E-state index in [0.717, 1.165) is 11.8 Å². The smallest absolute Gasteiger partial charge is 0.273 e. The Morgan fingerprint density at radius 2 is 2.07 bits per heavy atom. The molecule has 1 aromatic carbocycles. The Balaban J connectivity index is 1.80. The van der Waals surface area contributed by atoms with Gasteiger partial charge >= 0.3 is 0 Å². The summed E-state index contributed by atoms with van der Waals surface area (Å²) in [5.74, 6) is -1.14. The molecule has 3 heterocycles. The lowest BCUT2D eigenvalue weighted by Crippen LogP contribution is -2.25. The highest BCUT2D eigenvalue weighted by atomic mass is 19.1. The maximum absolute atomic E-state index is 14.5. The van der Waals surface area contributed by atoms with Crippen LogP contribution in [-0.4, -0.2) is 45.9 Å². The van der Waals surface area contributed by atoms with E-state index in [-0.39, 0.29) is 22.9 Å². The van der Waals surface area contributed by atoms with Crippen molar-refractivity contribution in [1.82, 2.24) is 19.3 Å². The number of anilines is 1. The molecule has 0 aliphatic carbocycles. The van der Waals surface area contributed by atoms with Gasteiger partial charge in [-0.15, -0.1) is 0 Å². The summed E-state index contributed by atoms with van der Waals surface area (Å²) in [6.07, 6.45) is 3.84. The molecule has 0 saturated carbocycles. The van der Waals surface area contributed by atoms with E-state index in [1.807, 2.05) is 6.92 Å². The van der Waals surface area contributed by atoms with Gasteiger partial charge in [0.15, 0.2) is 11.5 Å². The summed E-state index contributed by atoms with van der Waals surface area (Å²) in [6.45, 7) is 2.13. The number of fused-ring (bicyclic) bond motifs is 2. The molecule has 146 valence electrons. The number of halogens is 2. The highest BCUT2D eigenvalue weighted by Crippen LogP contribution is 2.37. The largest absolute Gasteiger partial charge is 0.493 e. The van der Waals surface area contributed by atoms with Crippen LogP contribution >= 0.6 is 0 Å². The van der Waals surface area contributed by atoms with E-state index in [9.17, 15) is 13.6 Å². The molecule has 1 aliphatic heterocycles. The minimum atomic E-state index is -0.695. The number of benzene rings is 1. The number of nitrogens with one attached hydrogen (secondary N) is 1. The van der Waals surface area contributed by atoms with E-state index >= 15 is 0 Å². The quantitative estimate of drug-likeness (QED) is 0.748. The molecule has 28 heavy (non-hydrogen) atoms. The minimum absolute atomic E-state index is 0.164. The van der Waals surface area contributed by atoms with Crippen LogP contribution in [0.15, 0.2) is 24.5 Å². The van der Waals surface area contributed by atoms with Crippen molar-refractivity contribution in [3.8, 4) is 5.75 Å². The predicted molar refractivity (Wildman–Crippen MR) is 98.6 cm³/mol. The van der Waals surface area contributed by atoms with Gasteiger partial charge in [-0.25, -0.2) is 18.7 Å². The molecule has 0 radical (unpaired) electrons. The number of carbonyl (C=O) groups is 1. The van der Waals surface area contributed by atoms with Crippen LogP contribution in [0.2, 0.25) is 0 Å². The standard InChI is InChI=1S/C19H19F2N5O2/c1-10-8-26-9-14(19(27)25(2)3)24-17(18(26)22-10)23-13-4-5-28-15-7-11(20)6-12(21)16(13)15/h6-9,13H,4-5H2,1-3H3,(H,23,24). The number of aromatic nitrogens is 3. The summed E-state index contributed by atoms with van der Waals surface area (Å²) in [4.78, 5) is 22.7. The Hall–Kier alpha value is -3.23. The van der Waals surface area contributed by atoms with Gasteiger partial charge in [-0.2, -0.15) is 0 Å². The lowest BCUT2D eigenvalue weighted by atomic mass is 9.99. The number of rotatable bonds is 3. The summed E-state index contributed by atoms with van der Waals surface area (Å²) >= 11 is 0. The molecule has 1 amide bonds. The molecule has 1 N–H and O–H groups in total. The van der Waals surface area contributed by atoms with Gasteiger partial charge in [0.25, 0.3) is 5.91 Å². The fourth-order valence-corrected chi connectivity index (χ4v) is 3.31. The van der Waals surface area contributed by atoms with Gasteiger partial charge in [0.1, 0.15) is 23.1 Å². The van der Waals surface area contributed by atoms with E-state index < -0.39 is 17.7 Å². The van der Waals surface area contributed by atoms with Crippen molar-refractivity contribution in [2.45, 2.75) is 19.4 Å². The first-order chi connectivity index (χ1) is 13.3. The van der Waals surface area contributed by atoms with Crippen molar-refractivity contribution in [1.29, 1.82) is 0 Å². The molecular weight excluding hydrogens is 368 g/mol. The second-order valence-electron chi connectivity index (χ2n) is 6.92. The molecule has 0 spiro atoms. The van der Waals surface area contributed by atoms with Crippen LogP contribution in [0.5, 0.6) is 5.75 Å². The second kappa shape index (κ2) is 6.74. The number of hydrogen-bond donors (Lipinski definition) is 1. The van der Waals surface area contributed by atoms with Crippen molar-refractivity contribution in [2.75, 3.05) is 26.0 Å². The van der Waals surface area contributed by atoms with Crippen LogP contribution in [0.3, 0.4) is 0 Å². The summed E-state index contributed by atoms with van der Waals surface area (Å²) in [6, 6.07) is 1.50. The SMILES string of the molecule is Cc1cn2cc(C(=O)N(C)C)nc(NC3CCOc4cc(F)cc(F)c43)c2n1. The van der Waals surface area contributed by atoms with E-state index in [4.69, 9.17) is 4.74 Å². The zero-order chi connectivity index (χ0) is 20.0. The first-order valence-corrected chi connectivity index (χ1v) is 8.80. The number of amides is 1. The van der Waals surface area contributed by atoms with Gasteiger partial charge in [0.2, 0.25) is 0 Å². The highest BCUT2D eigenvalue weighted by Gasteiger charge is 2.28. The molecule has 2 aromatic heterocycles. The summed E-state index contributed by atoms with van der Waals surface area (Å²) < 4.78 is 35.1. The first-order valence-electron chi connectivity index (χ1n) is 8.80. The lowest BCUT2D eigenvalue weighted by Gasteiger charge is -2.27. The molecule has 0 saturated heterocycles. The van der Waals surface area contributed by atoms with Gasteiger partial charge in [-0.05, 0) is 6.92 Å². The van der Waals surface area contributed by atoms with Gasteiger partial charge in [0, 0.05) is 45.0 Å². The number of aryl methyl sites for hydroxylation is 1. The van der Waals surface area contributed by atoms with E-state index in [0.29, 0.717) is 24.5 Å². The molecule has 1 aliphatic rings. The Morgan fingerprint density at radius 1 is 1.29 bits per heavy atom. The van der Waals surface area contributed by atoms with Crippen LogP contribution in [-0.2, 0) is 0 Å². The molecule has 0 bridgehead atoms. The van der Waals surface area contributed by atoms with Crippen molar-refractivity contribution in [3.05, 3.63) is 53.1 Å². The molecule has 4 rings (SSSR count). The molecule has 7 nitrogen and oxygen atoms in total. The second-order valence-corrected chi connectivity index (χ2v) is 6.92. The summed E-state index contributed by atoms with van der Waals surface area (Å²) in [5.41, 5.74) is 1.73. The number of nitrogens with zero attached hydrogens (tertiary/aromatic N) is 4. The average molecular weight is 387 g/mol. The number of imidazole rings is 1. The van der Waals surface area contributed by atoms with Crippen molar-refractivity contribution in [2.24, 2.45) is 0 Å². The molecule has 0 fully saturated rings. The summed E-state index contributed by atoms with van der Waals surface area (Å²) in [5, 5.41) is 3.18. The molecule has 1 unspecified atom stereocenters. The Morgan fingerprint density at radius 3 is 2.82 bits per heavy atom. The van der Waals surface area contributed by atoms with Crippen molar-refractivity contribution in [3.63, 3.8) is 0 Å². The highest BCUT2D eigenvalue weighted by molar-refractivity contribution is 5.92. The third-order valence-electron chi connectivity index (χ3n) is 4.56. The van der Waals surface area contributed by atoms with Crippen molar-refractivity contribution >= 4 is 17.4 Å². The monoisotopic (exact) mass is 387 g/mol. The third-order valence-corrected chi connectivity index (χ3v) is 4.56. The van der Waals surface area contributed by atoms with Gasteiger partial charge in [-0.1, -0.05) is 0 Å². The number of ether oxygens (including phenoxy) is 1. The molecular formula is C19H19F2N5O2. The third kappa shape index (κ3) is 3.12. The Labute approximate surface area is 160 Å². The zero-order valence-electron chi connectivity index (χ0n) is 15.7. The Bertz CT molecular complexity index is 1080. The number of hydrogen-bond acceptors (Lipinski definition) is 5. The first kappa shape index (κ1) is 18.1. The van der Waals surface area contributed by atoms with Crippen LogP contribution in [0.4, 0.5) is 14.6 Å². The maximum Gasteiger partial charge on any atom is 0.273 e. The van der Waals surface area contributed by atoms with Crippen LogP contribution in [0.25, 0.3) is 5.65 Å². The molecule has 1 atom stereocenters. The van der Waals surface area contributed by atoms with Crippen LogP contribution in [0.1, 0.15) is 34.2 Å². The van der Waals surface area contributed by atoms with E-state index in [1.54, 1.807) is 30.9 Å². The maximum atomic E-state index is 14.5. The zero-order valence-corrected chi connectivity index (χ0v) is 15.7. The van der Waals surface area contributed by atoms with Crippen molar-refractivity contribution < 1.29 is 18.3 Å².